The summed E-state index contributed by atoms with van der Waals surface area (Å²) in [5, 5.41) is 1.04. The Morgan fingerprint density at radius 2 is 1.81 bits per heavy atom. The maximum Gasteiger partial charge on any atom is 0.242 e. The molecule has 0 spiro atoms. The van der Waals surface area contributed by atoms with E-state index >= 15 is 0 Å². The first kappa shape index (κ1) is 8.91. The highest BCUT2D eigenvalue weighted by atomic mass is 15.4. The van der Waals surface area contributed by atoms with Crippen LogP contribution < -0.4 is 5.43 Å². The summed E-state index contributed by atoms with van der Waals surface area (Å²) >= 11 is 0. The van der Waals surface area contributed by atoms with Gasteiger partial charge < -0.3 is 0 Å². The number of rotatable bonds is 2. The summed E-state index contributed by atoms with van der Waals surface area (Å²) in [4.78, 5) is 8.65. The lowest BCUT2D eigenvalue weighted by Crippen LogP contribution is -2.08. The minimum Gasteiger partial charge on any atom is -0.268 e. The zero-order valence-electron chi connectivity index (χ0n) is 8.54. The third-order valence-electron chi connectivity index (χ3n) is 2.32. The second-order valence-corrected chi connectivity index (χ2v) is 3.45. The molecule has 0 aliphatic rings. The van der Waals surface area contributed by atoms with Crippen LogP contribution in [0.2, 0.25) is 0 Å². The number of hydrogen-bond donors (Lipinski definition) is 1. The molecular weight excluding hydrogens is 200 g/mol. The minimum absolute atomic E-state index is 0.593. The van der Waals surface area contributed by atoms with E-state index in [1.54, 1.807) is 0 Å². The van der Waals surface area contributed by atoms with E-state index in [1.165, 1.54) is 0 Å². The Bertz CT molecular complexity index is 601. The molecule has 0 aliphatic carbocycles. The van der Waals surface area contributed by atoms with Crippen molar-refractivity contribution in [2.45, 2.75) is 0 Å². The fourth-order valence-corrected chi connectivity index (χ4v) is 1.55. The van der Waals surface area contributed by atoms with Gasteiger partial charge in [0.1, 0.15) is 0 Å². The van der Waals surface area contributed by atoms with Gasteiger partial charge in [-0.3, -0.25) is 10.1 Å². The summed E-state index contributed by atoms with van der Waals surface area (Å²) in [5.74, 6) is 0.593. The van der Waals surface area contributed by atoms with Crippen LogP contribution in [0.5, 0.6) is 0 Å². The molecule has 0 saturated carbocycles. The molecule has 0 bridgehead atoms. The lowest BCUT2D eigenvalue weighted by Gasteiger charge is -2.05. The number of para-hydroxylation sites is 1. The van der Waals surface area contributed by atoms with Gasteiger partial charge >= 0.3 is 0 Å². The van der Waals surface area contributed by atoms with Gasteiger partial charge in [0.05, 0.1) is 5.52 Å². The standard InChI is InChI=1S/C12H10N4/c1-2-6-11-10(5-1)9-13-12(14-11)15-16-7-3-4-8-16/h1-9H,(H,13,14,15). The smallest absolute Gasteiger partial charge is 0.242 e. The monoisotopic (exact) mass is 210 g/mol. The van der Waals surface area contributed by atoms with Crippen molar-refractivity contribution in [3.8, 4) is 0 Å². The van der Waals surface area contributed by atoms with Crippen LogP contribution in [-0.2, 0) is 0 Å². The van der Waals surface area contributed by atoms with E-state index in [9.17, 15) is 0 Å². The van der Waals surface area contributed by atoms with Crippen molar-refractivity contribution in [3.05, 3.63) is 55.0 Å². The Morgan fingerprint density at radius 3 is 2.69 bits per heavy atom. The second-order valence-electron chi connectivity index (χ2n) is 3.45. The van der Waals surface area contributed by atoms with Gasteiger partial charge in [0.15, 0.2) is 0 Å². The largest absolute Gasteiger partial charge is 0.268 e. The average molecular weight is 210 g/mol. The maximum absolute atomic E-state index is 4.41. The van der Waals surface area contributed by atoms with Gasteiger partial charge in [-0.1, -0.05) is 18.2 Å². The van der Waals surface area contributed by atoms with Crippen molar-refractivity contribution in [2.75, 3.05) is 5.43 Å². The molecule has 4 nitrogen and oxygen atoms in total. The Labute approximate surface area is 92.5 Å². The Morgan fingerprint density at radius 1 is 1.00 bits per heavy atom. The number of nitrogens with one attached hydrogen (secondary N) is 1. The molecule has 3 rings (SSSR count). The molecule has 2 aromatic heterocycles. The van der Waals surface area contributed by atoms with Crippen molar-refractivity contribution >= 4 is 16.9 Å². The summed E-state index contributed by atoms with van der Waals surface area (Å²) in [6, 6.07) is 11.8. The second kappa shape index (κ2) is 3.66. The summed E-state index contributed by atoms with van der Waals surface area (Å²) in [7, 11) is 0. The van der Waals surface area contributed by atoms with Crippen LogP contribution in [0.15, 0.2) is 55.0 Å². The van der Waals surface area contributed by atoms with Crippen molar-refractivity contribution in [3.63, 3.8) is 0 Å². The zero-order valence-corrected chi connectivity index (χ0v) is 8.54. The number of hydrogen-bond acceptors (Lipinski definition) is 3. The molecule has 1 N–H and O–H groups in total. The summed E-state index contributed by atoms with van der Waals surface area (Å²) in [5.41, 5.74) is 4.01. The van der Waals surface area contributed by atoms with E-state index in [0.717, 1.165) is 10.9 Å². The van der Waals surface area contributed by atoms with Crippen molar-refractivity contribution in [1.82, 2.24) is 14.6 Å². The Hall–Kier alpha value is -2.36. The van der Waals surface area contributed by atoms with Crippen LogP contribution in [0.1, 0.15) is 0 Å². The first-order valence-electron chi connectivity index (χ1n) is 5.04. The minimum atomic E-state index is 0.593. The van der Waals surface area contributed by atoms with E-state index in [0.29, 0.717) is 5.95 Å². The molecule has 0 saturated heterocycles. The SMILES string of the molecule is c1ccc2nc(Nn3cccc3)ncc2c1. The van der Waals surface area contributed by atoms with Gasteiger partial charge in [0.2, 0.25) is 5.95 Å². The molecule has 78 valence electrons. The first-order valence-corrected chi connectivity index (χ1v) is 5.04. The van der Waals surface area contributed by atoms with Crippen molar-refractivity contribution < 1.29 is 0 Å². The first-order chi connectivity index (χ1) is 7.92. The van der Waals surface area contributed by atoms with Crippen LogP contribution >= 0.6 is 0 Å². The van der Waals surface area contributed by atoms with Crippen molar-refractivity contribution in [1.29, 1.82) is 0 Å². The number of fused-ring (bicyclic) bond motifs is 1. The third-order valence-corrected chi connectivity index (χ3v) is 2.32. The maximum atomic E-state index is 4.41. The molecule has 0 aliphatic heterocycles. The lowest BCUT2D eigenvalue weighted by molar-refractivity contribution is 0.934. The fraction of sp³-hybridized carbons (Fsp3) is 0. The fourth-order valence-electron chi connectivity index (χ4n) is 1.55. The predicted octanol–water partition coefficient (Wildman–Crippen LogP) is 2.31. The van der Waals surface area contributed by atoms with Crippen LogP contribution in [0, 0.1) is 0 Å². The van der Waals surface area contributed by atoms with E-state index < -0.39 is 0 Å². The van der Waals surface area contributed by atoms with Crippen molar-refractivity contribution in [2.24, 2.45) is 0 Å². The Balaban J connectivity index is 1.99. The topological polar surface area (TPSA) is 42.7 Å². The number of nitrogens with zero attached hydrogens (tertiary/aromatic N) is 3. The molecule has 4 heteroatoms. The van der Waals surface area contributed by atoms with Crippen LogP contribution in [0.4, 0.5) is 5.95 Å². The van der Waals surface area contributed by atoms with Gasteiger partial charge in [-0.2, -0.15) is 0 Å². The molecule has 0 amide bonds. The molecule has 0 fully saturated rings. The number of benzene rings is 1. The van der Waals surface area contributed by atoms with Crippen LogP contribution in [0.25, 0.3) is 10.9 Å². The highest BCUT2D eigenvalue weighted by Gasteiger charge is 1.98. The van der Waals surface area contributed by atoms with Crippen LogP contribution in [0.3, 0.4) is 0 Å². The number of aromatic nitrogens is 3. The molecule has 3 aromatic rings. The number of anilines is 1. The van der Waals surface area contributed by atoms with Gasteiger partial charge in [-0.25, -0.2) is 9.97 Å². The molecule has 0 atom stereocenters. The summed E-state index contributed by atoms with van der Waals surface area (Å²) in [6.07, 6.45) is 5.62. The molecular formula is C12H10N4. The molecule has 1 aromatic carbocycles. The summed E-state index contributed by atoms with van der Waals surface area (Å²) in [6.45, 7) is 0. The van der Waals surface area contributed by atoms with Crippen LogP contribution in [-0.4, -0.2) is 14.6 Å². The Kier molecular flexibility index (Phi) is 2.04. The van der Waals surface area contributed by atoms with E-state index in [2.05, 4.69) is 15.4 Å². The highest BCUT2D eigenvalue weighted by molar-refractivity contribution is 5.78. The molecule has 0 unspecified atom stereocenters. The average Bonchev–Trinajstić information content (AvgIpc) is 2.82. The highest BCUT2D eigenvalue weighted by Crippen LogP contribution is 2.11. The van der Waals surface area contributed by atoms with Gasteiger partial charge in [-0.15, -0.1) is 0 Å². The molecule has 2 heterocycles. The molecule has 0 radical (unpaired) electrons. The predicted molar refractivity (Wildman–Crippen MR) is 63.0 cm³/mol. The summed E-state index contributed by atoms with van der Waals surface area (Å²) < 4.78 is 1.81. The van der Waals surface area contributed by atoms with E-state index in [4.69, 9.17) is 0 Å². The van der Waals surface area contributed by atoms with E-state index in [1.807, 2.05) is 59.7 Å². The van der Waals surface area contributed by atoms with Gasteiger partial charge in [0.25, 0.3) is 0 Å². The van der Waals surface area contributed by atoms with Gasteiger partial charge in [0, 0.05) is 24.0 Å². The third kappa shape index (κ3) is 1.61. The quantitative estimate of drug-likeness (QED) is 0.705. The van der Waals surface area contributed by atoms with E-state index in [-0.39, 0.29) is 0 Å². The normalized spacial score (nSPS) is 10.5. The molecule has 16 heavy (non-hydrogen) atoms. The lowest BCUT2D eigenvalue weighted by atomic mass is 10.2. The zero-order chi connectivity index (χ0) is 10.8. The van der Waals surface area contributed by atoms with Gasteiger partial charge in [-0.05, 0) is 18.2 Å².